The molecule has 3 aromatic rings. The number of hydrogen-bond donors (Lipinski definition) is 1. The Morgan fingerprint density at radius 3 is 2.18 bits per heavy atom. The average molecular weight is 723 g/mol. The minimum Gasteiger partial charge on any atom is -0.456 e. The van der Waals surface area contributed by atoms with Crippen molar-refractivity contribution in [2.45, 2.75) is 71.2 Å². The zero-order valence-electron chi connectivity index (χ0n) is 30.1. The summed E-state index contributed by atoms with van der Waals surface area (Å²) in [7, 11) is -2.62. The summed E-state index contributed by atoms with van der Waals surface area (Å²) in [6, 6.07) is 17.4. The summed E-state index contributed by atoms with van der Waals surface area (Å²) in [6.45, 7) is 10.7. The minimum atomic E-state index is -4.29. The Kier molecular flexibility index (Phi) is 12.2. The van der Waals surface area contributed by atoms with E-state index in [0.717, 1.165) is 21.5 Å². The highest BCUT2D eigenvalue weighted by atomic mass is 32.2. The number of nitrogens with one attached hydrogen (secondary N) is 1. The van der Waals surface area contributed by atoms with Crippen molar-refractivity contribution in [3.05, 3.63) is 99.1 Å². The van der Waals surface area contributed by atoms with Gasteiger partial charge >= 0.3 is 5.97 Å². The van der Waals surface area contributed by atoms with Crippen molar-refractivity contribution in [3.63, 3.8) is 0 Å². The maximum Gasteiger partial charge on any atom is 0.338 e. The number of hydrazine groups is 1. The van der Waals surface area contributed by atoms with E-state index in [1.165, 1.54) is 23.2 Å². The van der Waals surface area contributed by atoms with Gasteiger partial charge in [0.1, 0.15) is 5.60 Å². The molecule has 0 radical (unpaired) electrons. The van der Waals surface area contributed by atoms with Crippen molar-refractivity contribution in [1.29, 1.82) is 0 Å². The molecular formula is C36H46N6O8S. The van der Waals surface area contributed by atoms with Crippen LogP contribution < -0.4 is 10.2 Å². The van der Waals surface area contributed by atoms with E-state index >= 15 is 0 Å². The van der Waals surface area contributed by atoms with Gasteiger partial charge in [0.05, 0.1) is 23.6 Å². The molecule has 0 spiro atoms. The summed E-state index contributed by atoms with van der Waals surface area (Å²) >= 11 is 0. The highest BCUT2D eigenvalue weighted by Crippen LogP contribution is 2.28. The van der Waals surface area contributed by atoms with E-state index in [0.29, 0.717) is 24.3 Å². The number of para-hydroxylation sites is 1. The van der Waals surface area contributed by atoms with Gasteiger partial charge < -0.3 is 15.0 Å². The molecule has 1 aliphatic heterocycles. The summed E-state index contributed by atoms with van der Waals surface area (Å²) < 4.78 is 33.7. The predicted molar refractivity (Wildman–Crippen MR) is 192 cm³/mol. The van der Waals surface area contributed by atoms with Crippen LogP contribution in [0.4, 0.5) is 11.4 Å². The van der Waals surface area contributed by atoms with Crippen LogP contribution in [-0.2, 0) is 37.4 Å². The number of nitro benzene ring substituents is 1. The van der Waals surface area contributed by atoms with Crippen LogP contribution in [0.1, 0.15) is 61.7 Å². The number of sulfonamides is 1. The van der Waals surface area contributed by atoms with Crippen LogP contribution in [-0.4, -0.2) is 90.3 Å². The number of anilines is 1. The van der Waals surface area contributed by atoms with Gasteiger partial charge in [0.2, 0.25) is 15.9 Å². The number of nitrogens with zero attached hydrogens (tertiary/aromatic N) is 5. The molecular weight excluding hydrogens is 676 g/mol. The van der Waals surface area contributed by atoms with Gasteiger partial charge in [0, 0.05) is 51.0 Å². The molecule has 15 heteroatoms. The van der Waals surface area contributed by atoms with Crippen LogP contribution >= 0.6 is 0 Å². The number of likely N-dealkylation sites (N-methyl/N-ethyl adjacent to an activating group) is 1. The van der Waals surface area contributed by atoms with Gasteiger partial charge in [-0.05, 0) is 76.4 Å². The SMILES string of the molecule is Cc1ccc(C(=O)OC(C)(C)C)cc1N(CC(=O)NCCN(C(C)C)S(=O)(=O)c1ccccc1[N+](=O)[O-])CC(=O)N(C)N1Cc2ccccc2C1. The molecule has 274 valence electrons. The highest BCUT2D eigenvalue weighted by molar-refractivity contribution is 7.89. The molecule has 0 atom stereocenters. The van der Waals surface area contributed by atoms with Crippen LogP contribution in [0.5, 0.6) is 0 Å². The highest BCUT2D eigenvalue weighted by Gasteiger charge is 2.33. The van der Waals surface area contributed by atoms with E-state index in [-0.39, 0.29) is 37.6 Å². The number of fused-ring (bicyclic) bond motifs is 1. The molecule has 2 amide bonds. The fraction of sp³-hybridized carbons (Fsp3) is 0.417. The van der Waals surface area contributed by atoms with Gasteiger partial charge in [0.25, 0.3) is 11.6 Å². The number of ether oxygens (including phenoxy) is 1. The number of aryl methyl sites for hydroxylation is 1. The zero-order valence-corrected chi connectivity index (χ0v) is 30.9. The molecule has 1 aliphatic rings. The first-order valence-corrected chi connectivity index (χ1v) is 18.0. The Bertz CT molecular complexity index is 1870. The topological polar surface area (TPSA) is 163 Å². The quantitative estimate of drug-likeness (QED) is 0.145. The Morgan fingerprint density at radius 1 is 0.980 bits per heavy atom. The van der Waals surface area contributed by atoms with Gasteiger partial charge in [-0.3, -0.25) is 24.7 Å². The fourth-order valence-electron chi connectivity index (χ4n) is 5.73. The third-order valence-corrected chi connectivity index (χ3v) is 10.5. The molecule has 0 saturated carbocycles. The maximum absolute atomic E-state index is 13.8. The Balaban J connectivity index is 1.54. The smallest absolute Gasteiger partial charge is 0.338 e. The average Bonchev–Trinajstić information content (AvgIpc) is 3.49. The summed E-state index contributed by atoms with van der Waals surface area (Å²) in [5, 5.41) is 17.8. The molecule has 14 nitrogen and oxygen atoms in total. The van der Waals surface area contributed by atoms with Crippen LogP contribution in [0.15, 0.2) is 71.6 Å². The van der Waals surface area contributed by atoms with Crippen molar-refractivity contribution < 1.29 is 32.5 Å². The number of rotatable bonds is 14. The van der Waals surface area contributed by atoms with Gasteiger partial charge in [-0.25, -0.2) is 18.2 Å². The van der Waals surface area contributed by atoms with E-state index in [1.807, 2.05) is 29.3 Å². The monoisotopic (exact) mass is 722 g/mol. The summed E-state index contributed by atoms with van der Waals surface area (Å²) in [4.78, 5) is 52.2. The molecule has 51 heavy (non-hydrogen) atoms. The maximum atomic E-state index is 13.8. The fourth-order valence-corrected chi connectivity index (χ4v) is 7.53. The standard InChI is InChI=1S/C36H46N6O8S/c1-25(2)41(51(48,49)32-15-11-10-14-30(32)42(46)47)19-18-37-33(43)23-39(31-20-27(17-16-26(31)3)35(45)50-36(4,5)6)24-34(44)38(7)40-21-28-12-8-9-13-29(28)22-40/h8-17,20,25H,18-19,21-24H2,1-7H3,(H,37,43). The van der Waals surface area contributed by atoms with E-state index in [1.54, 1.807) is 71.7 Å². The van der Waals surface area contributed by atoms with E-state index in [4.69, 9.17) is 4.74 Å². The number of carbonyl (C=O) groups excluding carboxylic acids is 3. The third kappa shape index (κ3) is 9.68. The Morgan fingerprint density at radius 2 is 1.59 bits per heavy atom. The number of nitro groups is 1. The number of benzene rings is 3. The molecule has 0 unspecified atom stereocenters. The van der Waals surface area contributed by atoms with Crippen molar-refractivity contribution in [1.82, 2.24) is 19.6 Å². The molecule has 4 rings (SSSR count). The van der Waals surface area contributed by atoms with Gasteiger partial charge in [-0.1, -0.05) is 42.5 Å². The second kappa shape index (κ2) is 16.0. The Hall–Kier alpha value is -4.86. The molecule has 0 bridgehead atoms. The van der Waals surface area contributed by atoms with E-state index in [2.05, 4.69) is 5.32 Å². The summed E-state index contributed by atoms with van der Waals surface area (Å²) in [5.41, 5.74) is 2.39. The summed E-state index contributed by atoms with van der Waals surface area (Å²) in [5.74, 6) is -1.35. The number of carbonyl (C=O) groups is 3. The molecule has 0 aliphatic carbocycles. The number of hydrogen-bond acceptors (Lipinski definition) is 10. The van der Waals surface area contributed by atoms with Crippen LogP contribution in [0, 0.1) is 17.0 Å². The lowest BCUT2D eigenvalue weighted by atomic mass is 10.1. The van der Waals surface area contributed by atoms with Crippen LogP contribution in [0.25, 0.3) is 0 Å². The minimum absolute atomic E-state index is 0.110. The molecule has 1 heterocycles. The zero-order chi connectivity index (χ0) is 37.7. The first kappa shape index (κ1) is 38.9. The van der Waals surface area contributed by atoms with Crippen molar-refractivity contribution >= 4 is 39.2 Å². The van der Waals surface area contributed by atoms with E-state index < -0.39 is 49.0 Å². The normalized spacial score (nSPS) is 13.2. The lowest BCUT2D eigenvalue weighted by Crippen LogP contribution is -2.49. The lowest BCUT2D eigenvalue weighted by Gasteiger charge is -2.32. The predicted octanol–water partition coefficient (Wildman–Crippen LogP) is 4.27. The summed E-state index contributed by atoms with van der Waals surface area (Å²) in [6.07, 6.45) is 0. The first-order chi connectivity index (χ1) is 23.9. The second-order valence-electron chi connectivity index (χ2n) is 13.7. The van der Waals surface area contributed by atoms with Gasteiger partial charge in [0.15, 0.2) is 4.90 Å². The number of amides is 2. The molecule has 3 aromatic carbocycles. The first-order valence-electron chi connectivity index (χ1n) is 16.6. The molecule has 0 fully saturated rings. The van der Waals surface area contributed by atoms with Crippen LogP contribution in [0.2, 0.25) is 0 Å². The van der Waals surface area contributed by atoms with Gasteiger partial charge in [-0.2, -0.15) is 4.31 Å². The van der Waals surface area contributed by atoms with Crippen molar-refractivity contribution in [2.24, 2.45) is 0 Å². The lowest BCUT2D eigenvalue weighted by molar-refractivity contribution is -0.387. The van der Waals surface area contributed by atoms with Gasteiger partial charge in [-0.15, -0.1) is 0 Å². The number of esters is 1. The molecule has 0 saturated heterocycles. The van der Waals surface area contributed by atoms with Crippen molar-refractivity contribution in [2.75, 3.05) is 38.1 Å². The van der Waals surface area contributed by atoms with E-state index in [9.17, 15) is 32.9 Å². The Labute approximate surface area is 299 Å². The third-order valence-electron chi connectivity index (χ3n) is 8.33. The molecule has 0 aromatic heterocycles. The van der Waals surface area contributed by atoms with Crippen LogP contribution in [0.3, 0.4) is 0 Å². The van der Waals surface area contributed by atoms with Crippen molar-refractivity contribution in [3.8, 4) is 0 Å². The second-order valence-corrected chi connectivity index (χ2v) is 15.5. The largest absolute Gasteiger partial charge is 0.456 e. The molecule has 1 N–H and O–H groups in total.